The number of aliphatic imine (C=N–C) groups is 1. The molecule has 1 aromatic heterocycles. The van der Waals surface area contributed by atoms with Crippen LogP contribution in [-0.2, 0) is 11.2 Å². The minimum absolute atomic E-state index is 0.0317. The van der Waals surface area contributed by atoms with Crippen LogP contribution in [0.3, 0.4) is 0 Å². The number of aromatic nitrogens is 1. The Morgan fingerprint density at radius 1 is 1.17 bits per heavy atom. The average molecular weight is 323 g/mol. The highest BCUT2D eigenvalue weighted by Gasteiger charge is 2.30. The second kappa shape index (κ2) is 6.79. The Morgan fingerprint density at radius 3 is 2.52 bits per heavy atom. The summed E-state index contributed by atoms with van der Waals surface area (Å²) >= 11 is 1.39. The van der Waals surface area contributed by atoms with Gasteiger partial charge in [0.1, 0.15) is 0 Å². The van der Waals surface area contributed by atoms with Crippen LogP contribution in [-0.4, -0.2) is 28.0 Å². The lowest BCUT2D eigenvalue weighted by Crippen LogP contribution is -2.23. The molecule has 23 heavy (non-hydrogen) atoms. The Balaban J connectivity index is 1.85. The molecule has 0 saturated carbocycles. The number of amidine groups is 1. The molecule has 2 heterocycles. The Kier molecular flexibility index (Phi) is 4.57. The molecule has 2 aromatic rings. The number of carbonyl (C=O) groups is 1. The maximum atomic E-state index is 12.4. The summed E-state index contributed by atoms with van der Waals surface area (Å²) in [6.45, 7) is 2.12. The summed E-state index contributed by atoms with van der Waals surface area (Å²) < 4.78 is 0. The Labute approximate surface area is 140 Å². The summed E-state index contributed by atoms with van der Waals surface area (Å²) in [5.74, 6) is -0.0317. The molecule has 1 aliphatic rings. The lowest BCUT2D eigenvalue weighted by atomic mass is 10.2. The van der Waals surface area contributed by atoms with Gasteiger partial charge >= 0.3 is 0 Å². The first kappa shape index (κ1) is 15.5. The van der Waals surface area contributed by atoms with E-state index in [9.17, 15) is 4.79 Å². The molecule has 4 nitrogen and oxygen atoms in total. The van der Waals surface area contributed by atoms with Gasteiger partial charge in [0, 0.05) is 19.4 Å². The number of likely N-dealkylation sites (N-methyl/N-ethyl adjacent to an activating group) is 1. The molecule has 116 valence electrons. The van der Waals surface area contributed by atoms with E-state index in [-0.39, 0.29) is 5.91 Å². The monoisotopic (exact) mass is 323 g/mol. The lowest BCUT2D eigenvalue weighted by molar-refractivity contribution is -0.121. The van der Waals surface area contributed by atoms with Gasteiger partial charge in [-0.05, 0) is 59.7 Å². The second-order valence-electron chi connectivity index (χ2n) is 5.17. The Hall–Kier alpha value is -2.40. The number of hydrogen-bond acceptors (Lipinski definition) is 4. The van der Waals surface area contributed by atoms with Crippen molar-refractivity contribution in [3.63, 3.8) is 0 Å². The number of benzene rings is 1. The van der Waals surface area contributed by atoms with Gasteiger partial charge in [0.05, 0.1) is 10.6 Å². The summed E-state index contributed by atoms with van der Waals surface area (Å²) in [7, 11) is 1.75. The van der Waals surface area contributed by atoms with Crippen LogP contribution in [0.25, 0.3) is 6.08 Å². The zero-order valence-corrected chi connectivity index (χ0v) is 13.9. The van der Waals surface area contributed by atoms with Gasteiger partial charge in [-0.1, -0.05) is 19.1 Å². The number of thioether (sulfide) groups is 1. The minimum Gasteiger partial charge on any atom is -0.290 e. The number of aryl methyl sites for hydroxylation is 1. The first-order chi connectivity index (χ1) is 11.2. The highest BCUT2D eigenvalue weighted by atomic mass is 32.2. The topological polar surface area (TPSA) is 45.6 Å². The molecule has 0 radical (unpaired) electrons. The number of nitrogens with zero attached hydrogens (tertiary/aromatic N) is 3. The van der Waals surface area contributed by atoms with E-state index < -0.39 is 0 Å². The second-order valence-corrected chi connectivity index (χ2v) is 6.18. The maximum Gasteiger partial charge on any atom is 0.266 e. The van der Waals surface area contributed by atoms with Crippen molar-refractivity contribution >= 4 is 34.6 Å². The van der Waals surface area contributed by atoms with Gasteiger partial charge in [0.2, 0.25) is 0 Å². The third-order valence-corrected chi connectivity index (χ3v) is 4.64. The molecule has 0 spiro atoms. The molecule has 0 unspecified atom stereocenters. The van der Waals surface area contributed by atoms with E-state index in [0.29, 0.717) is 10.1 Å². The van der Waals surface area contributed by atoms with E-state index in [1.54, 1.807) is 24.3 Å². The largest absolute Gasteiger partial charge is 0.290 e. The first-order valence-corrected chi connectivity index (χ1v) is 8.24. The molecular weight excluding hydrogens is 306 g/mol. The van der Waals surface area contributed by atoms with Gasteiger partial charge in [-0.15, -0.1) is 0 Å². The smallest absolute Gasteiger partial charge is 0.266 e. The summed E-state index contributed by atoms with van der Waals surface area (Å²) in [6, 6.07) is 11.8. The number of pyridine rings is 1. The highest BCUT2D eigenvalue weighted by Crippen LogP contribution is 2.33. The van der Waals surface area contributed by atoms with Gasteiger partial charge < -0.3 is 0 Å². The van der Waals surface area contributed by atoms with Crippen molar-refractivity contribution in [2.45, 2.75) is 13.3 Å². The molecule has 3 rings (SSSR count). The van der Waals surface area contributed by atoms with Gasteiger partial charge in [0.25, 0.3) is 5.91 Å². The standard InChI is InChI=1S/C18H17N3OS/c1-3-13-4-6-15(7-5-13)20-18-21(2)17(22)16(23-18)12-14-8-10-19-11-9-14/h4-12H,3H2,1-2H3/b16-12+,20-18?. The fourth-order valence-corrected chi connectivity index (χ4v) is 3.17. The molecule has 0 N–H and O–H groups in total. The minimum atomic E-state index is -0.0317. The van der Waals surface area contributed by atoms with Gasteiger partial charge in [-0.2, -0.15) is 0 Å². The zero-order valence-electron chi connectivity index (χ0n) is 13.1. The van der Waals surface area contributed by atoms with Crippen molar-refractivity contribution in [2.24, 2.45) is 4.99 Å². The van der Waals surface area contributed by atoms with Crippen molar-refractivity contribution in [1.29, 1.82) is 0 Å². The quantitative estimate of drug-likeness (QED) is 0.805. The number of amides is 1. The number of carbonyl (C=O) groups excluding carboxylic acids is 1. The van der Waals surface area contributed by atoms with E-state index in [0.717, 1.165) is 17.7 Å². The van der Waals surface area contributed by atoms with Crippen LogP contribution in [0.15, 0.2) is 58.7 Å². The molecule has 1 amide bonds. The lowest BCUT2D eigenvalue weighted by Gasteiger charge is -2.07. The van der Waals surface area contributed by atoms with E-state index in [2.05, 4.69) is 29.0 Å². The van der Waals surface area contributed by atoms with Gasteiger partial charge in [0.15, 0.2) is 5.17 Å². The van der Waals surface area contributed by atoms with E-state index >= 15 is 0 Å². The normalized spacial score (nSPS) is 18.2. The molecule has 1 aliphatic heterocycles. The molecular formula is C18H17N3OS. The van der Waals surface area contributed by atoms with Crippen LogP contribution in [0.2, 0.25) is 0 Å². The molecule has 0 bridgehead atoms. The molecule has 1 saturated heterocycles. The van der Waals surface area contributed by atoms with Crippen molar-refractivity contribution in [1.82, 2.24) is 9.88 Å². The van der Waals surface area contributed by atoms with Crippen LogP contribution in [0.1, 0.15) is 18.1 Å². The van der Waals surface area contributed by atoms with Crippen LogP contribution >= 0.6 is 11.8 Å². The van der Waals surface area contributed by atoms with Crippen LogP contribution in [0.4, 0.5) is 5.69 Å². The summed E-state index contributed by atoms with van der Waals surface area (Å²) in [5, 5.41) is 0.694. The predicted molar refractivity (Wildman–Crippen MR) is 95.5 cm³/mol. The van der Waals surface area contributed by atoms with Crippen molar-refractivity contribution in [3.05, 3.63) is 64.8 Å². The molecule has 5 heteroatoms. The molecule has 1 aromatic carbocycles. The number of hydrogen-bond donors (Lipinski definition) is 0. The van der Waals surface area contributed by atoms with Crippen molar-refractivity contribution < 1.29 is 4.79 Å². The SMILES string of the molecule is CCc1ccc(N=C2S/C(=C/c3ccncc3)C(=O)N2C)cc1. The Bertz CT molecular complexity index is 767. The summed E-state index contributed by atoms with van der Waals surface area (Å²) in [5.41, 5.74) is 3.09. The van der Waals surface area contributed by atoms with E-state index in [1.165, 1.54) is 17.3 Å². The van der Waals surface area contributed by atoms with E-state index in [4.69, 9.17) is 0 Å². The van der Waals surface area contributed by atoms with Gasteiger partial charge in [-0.25, -0.2) is 4.99 Å². The van der Waals surface area contributed by atoms with E-state index in [1.807, 2.05) is 30.3 Å². The number of rotatable bonds is 3. The van der Waals surface area contributed by atoms with Crippen LogP contribution < -0.4 is 0 Å². The van der Waals surface area contributed by atoms with Gasteiger partial charge in [-0.3, -0.25) is 14.7 Å². The molecule has 0 atom stereocenters. The fourth-order valence-electron chi connectivity index (χ4n) is 2.18. The van der Waals surface area contributed by atoms with Crippen molar-refractivity contribution in [3.8, 4) is 0 Å². The highest BCUT2D eigenvalue weighted by molar-refractivity contribution is 8.18. The maximum absolute atomic E-state index is 12.4. The van der Waals surface area contributed by atoms with Crippen LogP contribution in [0.5, 0.6) is 0 Å². The summed E-state index contributed by atoms with van der Waals surface area (Å²) in [4.78, 5) is 23.2. The zero-order chi connectivity index (χ0) is 16.2. The first-order valence-electron chi connectivity index (χ1n) is 7.42. The summed E-state index contributed by atoms with van der Waals surface area (Å²) in [6.07, 6.45) is 6.30. The predicted octanol–water partition coefficient (Wildman–Crippen LogP) is 3.88. The molecule has 0 aliphatic carbocycles. The average Bonchev–Trinajstić information content (AvgIpc) is 2.84. The fraction of sp³-hybridized carbons (Fsp3) is 0.167. The molecule has 1 fully saturated rings. The third-order valence-electron chi connectivity index (χ3n) is 3.58. The third kappa shape index (κ3) is 3.51. The van der Waals surface area contributed by atoms with Crippen molar-refractivity contribution in [2.75, 3.05) is 7.05 Å². The van der Waals surface area contributed by atoms with Crippen LogP contribution in [0, 0.1) is 0 Å². The Morgan fingerprint density at radius 2 is 1.87 bits per heavy atom.